The van der Waals surface area contributed by atoms with Gasteiger partial charge < -0.3 is 14.2 Å². The summed E-state index contributed by atoms with van der Waals surface area (Å²) in [5, 5.41) is 11.1. The molecule has 0 heterocycles. The number of carbonyl (C=O) groups excluding carboxylic acids is 1. The Morgan fingerprint density at radius 3 is 2.22 bits per heavy atom. The molecule has 0 spiro atoms. The van der Waals surface area contributed by atoms with Crippen LogP contribution in [0.1, 0.15) is 12.5 Å². The molecule has 1 atom stereocenters. The number of alkyl halides is 3. The molecule has 0 fully saturated rings. The van der Waals surface area contributed by atoms with Gasteiger partial charge >= 0.3 is 17.8 Å². The monoisotopic (exact) mass is 385 g/mol. The lowest BCUT2D eigenvalue weighted by molar-refractivity contribution is -0.385. The lowest BCUT2D eigenvalue weighted by atomic mass is 10.2. The maximum atomic E-state index is 12.7. The van der Waals surface area contributed by atoms with Crippen LogP contribution in [0, 0.1) is 10.1 Å². The van der Waals surface area contributed by atoms with E-state index in [4.69, 9.17) is 9.47 Å². The van der Waals surface area contributed by atoms with Crippen molar-refractivity contribution in [3.8, 4) is 17.2 Å². The molecule has 7 nitrogen and oxygen atoms in total. The summed E-state index contributed by atoms with van der Waals surface area (Å²) in [4.78, 5) is 21.4. The van der Waals surface area contributed by atoms with E-state index in [1.807, 2.05) is 0 Å². The van der Waals surface area contributed by atoms with Crippen LogP contribution in [-0.2, 0) is 15.7 Å². The Labute approximate surface area is 151 Å². The molecule has 0 amide bonds. The van der Waals surface area contributed by atoms with E-state index in [-0.39, 0.29) is 11.5 Å². The largest absolute Gasteiger partial charge is 0.479 e. The van der Waals surface area contributed by atoms with Crippen LogP contribution in [0.2, 0.25) is 0 Å². The molecule has 2 rings (SSSR count). The first kappa shape index (κ1) is 20.0. The number of esters is 1. The predicted octanol–water partition coefficient (Wildman–Crippen LogP) is 4.35. The Morgan fingerprint density at radius 2 is 1.70 bits per heavy atom. The molecule has 144 valence electrons. The van der Waals surface area contributed by atoms with E-state index in [0.717, 1.165) is 6.07 Å². The first-order valence-electron chi connectivity index (χ1n) is 7.50. The van der Waals surface area contributed by atoms with Gasteiger partial charge in [-0.15, -0.1) is 0 Å². The molecule has 0 unspecified atom stereocenters. The highest BCUT2D eigenvalue weighted by Gasteiger charge is 2.33. The number of rotatable bonds is 6. The number of nitro groups is 1. The highest BCUT2D eigenvalue weighted by Crippen LogP contribution is 2.38. The number of benzene rings is 2. The van der Waals surface area contributed by atoms with Crippen molar-refractivity contribution in [3.63, 3.8) is 0 Å². The summed E-state index contributed by atoms with van der Waals surface area (Å²) in [6.07, 6.45) is -5.56. The van der Waals surface area contributed by atoms with Gasteiger partial charge in [-0.2, -0.15) is 13.2 Å². The molecule has 0 aromatic heterocycles. The molecule has 0 aliphatic heterocycles. The van der Waals surface area contributed by atoms with Crippen molar-refractivity contribution in [1.82, 2.24) is 0 Å². The van der Waals surface area contributed by atoms with Crippen molar-refractivity contribution in [2.45, 2.75) is 19.2 Å². The molecular weight excluding hydrogens is 371 g/mol. The quantitative estimate of drug-likeness (QED) is 0.417. The van der Waals surface area contributed by atoms with Crippen molar-refractivity contribution < 1.29 is 37.1 Å². The third-order valence-electron chi connectivity index (χ3n) is 3.38. The Hall–Kier alpha value is -3.30. The first-order valence-corrected chi connectivity index (χ1v) is 7.50. The predicted molar refractivity (Wildman–Crippen MR) is 86.7 cm³/mol. The second-order valence-electron chi connectivity index (χ2n) is 5.29. The minimum absolute atomic E-state index is 0.135. The summed E-state index contributed by atoms with van der Waals surface area (Å²) >= 11 is 0. The number of halogens is 3. The summed E-state index contributed by atoms with van der Waals surface area (Å²) in [7, 11) is 1.22. The molecule has 0 N–H and O–H groups in total. The van der Waals surface area contributed by atoms with Gasteiger partial charge in [0.05, 0.1) is 17.6 Å². The van der Waals surface area contributed by atoms with Crippen molar-refractivity contribution in [2.24, 2.45) is 0 Å². The summed E-state index contributed by atoms with van der Waals surface area (Å²) in [5.41, 5.74) is -1.97. The topological polar surface area (TPSA) is 87.9 Å². The van der Waals surface area contributed by atoms with Crippen molar-refractivity contribution >= 4 is 11.7 Å². The van der Waals surface area contributed by atoms with Gasteiger partial charge in [-0.25, -0.2) is 4.79 Å². The third kappa shape index (κ3) is 5.09. The van der Waals surface area contributed by atoms with E-state index < -0.39 is 34.4 Å². The maximum Gasteiger partial charge on any atom is 0.416 e. The van der Waals surface area contributed by atoms with Gasteiger partial charge in [0.25, 0.3) is 0 Å². The van der Waals surface area contributed by atoms with Crippen LogP contribution in [0.4, 0.5) is 18.9 Å². The average Bonchev–Trinajstić information content (AvgIpc) is 2.61. The van der Waals surface area contributed by atoms with Crippen LogP contribution in [0.3, 0.4) is 0 Å². The first-order chi connectivity index (χ1) is 12.6. The van der Waals surface area contributed by atoms with Gasteiger partial charge in [-0.05, 0) is 43.3 Å². The van der Waals surface area contributed by atoms with E-state index in [9.17, 15) is 28.1 Å². The number of nitrogens with zero attached hydrogens (tertiary/aromatic N) is 1. The molecule has 0 aliphatic carbocycles. The number of methoxy groups -OCH3 is 1. The van der Waals surface area contributed by atoms with Crippen LogP contribution in [0.5, 0.6) is 17.2 Å². The zero-order chi connectivity index (χ0) is 20.2. The fraction of sp³-hybridized carbons (Fsp3) is 0.235. The molecular formula is C17H14F3NO6. The Kier molecular flexibility index (Phi) is 5.88. The standard InChI is InChI=1S/C17H14F3NO6/c1-10(16(22)25-2)26-12-4-6-13(7-5-12)27-15-8-3-11(17(18,19)20)9-14(15)21(23)24/h3-10H,1-2H3/t10-/m1/s1. The fourth-order valence-corrected chi connectivity index (χ4v) is 2.05. The van der Waals surface area contributed by atoms with Crippen molar-refractivity contribution in [3.05, 3.63) is 58.1 Å². The highest BCUT2D eigenvalue weighted by molar-refractivity contribution is 5.74. The van der Waals surface area contributed by atoms with Crippen LogP contribution in [0.15, 0.2) is 42.5 Å². The molecule has 27 heavy (non-hydrogen) atoms. The molecule has 10 heteroatoms. The number of hydrogen-bond donors (Lipinski definition) is 0. The van der Waals surface area contributed by atoms with E-state index in [0.29, 0.717) is 17.9 Å². The normalized spacial score (nSPS) is 12.2. The number of carbonyl (C=O) groups is 1. The van der Waals surface area contributed by atoms with Crippen molar-refractivity contribution in [1.29, 1.82) is 0 Å². The van der Waals surface area contributed by atoms with Gasteiger partial charge in [-0.3, -0.25) is 10.1 Å². The lowest BCUT2D eigenvalue weighted by Crippen LogP contribution is -2.24. The third-order valence-corrected chi connectivity index (χ3v) is 3.38. The molecule has 0 bridgehead atoms. The molecule has 2 aromatic rings. The Balaban J connectivity index is 2.19. The van der Waals surface area contributed by atoms with Gasteiger partial charge in [-0.1, -0.05) is 0 Å². The van der Waals surface area contributed by atoms with Gasteiger partial charge in [0.2, 0.25) is 5.75 Å². The Bertz CT molecular complexity index is 836. The molecule has 0 aliphatic rings. The highest BCUT2D eigenvalue weighted by atomic mass is 19.4. The SMILES string of the molecule is COC(=O)[C@@H](C)Oc1ccc(Oc2ccc(C(F)(F)F)cc2[N+](=O)[O-])cc1. The van der Waals surface area contributed by atoms with E-state index in [1.165, 1.54) is 38.3 Å². The molecule has 0 saturated heterocycles. The summed E-state index contributed by atoms with van der Waals surface area (Å²) in [6, 6.07) is 7.63. The van der Waals surface area contributed by atoms with E-state index in [2.05, 4.69) is 4.74 Å². The van der Waals surface area contributed by atoms with E-state index >= 15 is 0 Å². The van der Waals surface area contributed by atoms with Gasteiger partial charge in [0.1, 0.15) is 11.5 Å². The zero-order valence-electron chi connectivity index (χ0n) is 14.1. The van der Waals surface area contributed by atoms with Crippen molar-refractivity contribution in [2.75, 3.05) is 7.11 Å². The van der Waals surface area contributed by atoms with Crippen LogP contribution >= 0.6 is 0 Å². The van der Waals surface area contributed by atoms with Crippen LogP contribution in [0.25, 0.3) is 0 Å². The summed E-state index contributed by atoms with van der Waals surface area (Å²) in [5.74, 6) is -0.474. The molecule has 0 saturated carbocycles. The van der Waals surface area contributed by atoms with Crippen LogP contribution < -0.4 is 9.47 Å². The zero-order valence-corrected chi connectivity index (χ0v) is 14.1. The maximum absolute atomic E-state index is 12.7. The second-order valence-corrected chi connectivity index (χ2v) is 5.29. The van der Waals surface area contributed by atoms with Gasteiger partial charge in [0.15, 0.2) is 6.10 Å². The second kappa shape index (κ2) is 7.94. The number of nitro benzene ring substituents is 1. The minimum atomic E-state index is -4.71. The Morgan fingerprint density at radius 1 is 1.11 bits per heavy atom. The molecule has 2 aromatic carbocycles. The number of hydrogen-bond acceptors (Lipinski definition) is 6. The van der Waals surface area contributed by atoms with Gasteiger partial charge in [0, 0.05) is 6.07 Å². The minimum Gasteiger partial charge on any atom is -0.479 e. The molecule has 0 radical (unpaired) electrons. The lowest BCUT2D eigenvalue weighted by Gasteiger charge is -2.13. The summed E-state index contributed by atoms with van der Waals surface area (Å²) in [6.45, 7) is 1.49. The fourth-order valence-electron chi connectivity index (χ4n) is 2.05. The summed E-state index contributed by atoms with van der Waals surface area (Å²) < 4.78 is 53.3. The smallest absolute Gasteiger partial charge is 0.416 e. The van der Waals surface area contributed by atoms with Crippen LogP contribution in [-0.4, -0.2) is 24.1 Å². The van der Waals surface area contributed by atoms with E-state index in [1.54, 1.807) is 0 Å². The average molecular weight is 385 g/mol. The number of ether oxygens (including phenoxy) is 3.